The Kier molecular flexibility index (Phi) is 13.7. The first kappa shape index (κ1) is 35.9. The van der Waals surface area contributed by atoms with Gasteiger partial charge in [-0.2, -0.15) is 0 Å². The average molecular weight is 638 g/mol. The molecule has 0 aromatic carbocycles. The maximum absolute atomic E-state index is 14.2. The normalized spacial score (nSPS) is 28.0. The molecule has 2 aliphatic heterocycles. The zero-order chi connectivity index (χ0) is 30.4. The second-order valence-electron chi connectivity index (χ2n) is 13.6. The minimum atomic E-state index is -1.26. The van der Waals surface area contributed by atoms with Crippen molar-refractivity contribution in [3.63, 3.8) is 0 Å². The molecule has 44 heavy (non-hydrogen) atoms. The SMILES string of the molecule is CC1CCC(C(=O)N(c2cc(C#CC(C)(C)COC3CCOCC3)sc2C(=O)[O-])C2CCC(OC3CCOC3)CC2)CC1.[Na+]. The van der Waals surface area contributed by atoms with E-state index in [1.807, 2.05) is 18.7 Å². The van der Waals surface area contributed by atoms with Gasteiger partial charge in [-0.05, 0) is 96.5 Å². The van der Waals surface area contributed by atoms with E-state index in [9.17, 15) is 14.7 Å². The molecular formula is C34H48NNaO7S. The topological polar surface area (TPSA) is 97.4 Å². The number of carbonyl (C=O) groups is 2. The average Bonchev–Trinajstić information content (AvgIpc) is 3.68. The van der Waals surface area contributed by atoms with Crippen LogP contribution in [0.4, 0.5) is 5.69 Å². The third-order valence-corrected chi connectivity index (χ3v) is 10.4. The van der Waals surface area contributed by atoms with Crippen molar-refractivity contribution in [2.45, 2.75) is 116 Å². The van der Waals surface area contributed by atoms with Crippen molar-refractivity contribution < 1.29 is 63.2 Å². The number of carboxylic acids is 1. The number of nitrogens with zero attached hydrogens (tertiary/aromatic N) is 1. The molecule has 0 bridgehead atoms. The number of carbonyl (C=O) groups excluding carboxylic acids is 2. The van der Waals surface area contributed by atoms with Gasteiger partial charge in [-0.25, -0.2) is 0 Å². The molecule has 1 unspecified atom stereocenters. The van der Waals surface area contributed by atoms with Crippen LogP contribution < -0.4 is 39.6 Å². The van der Waals surface area contributed by atoms with Gasteiger partial charge in [0.2, 0.25) is 5.91 Å². The van der Waals surface area contributed by atoms with Crippen LogP contribution in [-0.4, -0.2) is 69.3 Å². The molecule has 0 N–H and O–H groups in total. The van der Waals surface area contributed by atoms with Crippen LogP contribution in [0.15, 0.2) is 6.07 Å². The number of thiophene rings is 1. The van der Waals surface area contributed by atoms with Crippen molar-refractivity contribution in [2.75, 3.05) is 37.9 Å². The molecule has 2 aliphatic carbocycles. The maximum atomic E-state index is 14.2. The van der Waals surface area contributed by atoms with Crippen LogP contribution in [-0.2, 0) is 23.7 Å². The molecule has 5 rings (SSSR count). The van der Waals surface area contributed by atoms with Crippen molar-refractivity contribution in [2.24, 2.45) is 17.3 Å². The number of anilines is 1. The van der Waals surface area contributed by atoms with Crippen molar-refractivity contribution in [3.8, 4) is 11.8 Å². The first-order valence-corrected chi connectivity index (χ1v) is 17.1. The fraction of sp³-hybridized carbons (Fsp3) is 0.765. The summed E-state index contributed by atoms with van der Waals surface area (Å²) in [5.41, 5.74) is 0.0314. The van der Waals surface area contributed by atoms with Crippen LogP contribution in [0.1, 0.15) is 106 Å². The van der Waals surface area contributed by atoms with E-state index in [1.165, 1.54) is 0 Å². The molecule has 2 saturated carbocycles. The van der Waals surface area contributed by atoms with Crippen LogP contribution in [0.25, 0.3) is 0 Å². The molecule has 8 nitrogen and oxygen atoms in total. The van der Waals surface area contributed by atoms with E-state index in [-0.39, 0.29) is 70.6 Å². The Morgan fingerprint density at radius 1 is 0.955 bits per heavy atom. The number of aromatic carboxylic acids is 1. The summed E-state index contributed by atoms with van der Waals surface area (Å²) in [4.78, 5) is 29.2. The van der Waals surface area contributed by atoms with Crippen molar-refractivity contribution in [3.05, 3.63) is 15.8 Å². The Hall–Kier alpha value is -0.960. The van der Waals surface area contributed by atoms with Crippen LogP contribution in [0.2, 0.25) is 0 Å². The van der Waals surface area contributed by atoms with Crippen molar-refractivity contribution in [1.29, 1.82) is 0 Å². The standard InChI is InChI=1S/C34H49NO7S.Na/c1-23-4-6-24(7-5-23)32(36)35(25-8-10-27(11-9-25)42-28-15-19-40-21-28)30-20-29(43-31(30)33(37)38)12-16-34(2,3)22-41-26-13-17-39-18-14-26;/h20,23-28H,4-11,13-15,17-19,21-22H2,1-3H3,(H,37,38);/q;+1/p-1. The minimum absolute atomic E-state index is 0. The van der Waals surface area contributed by atoms with E-state index in [0.29, 0.717) is 29.7 Å². The molecule has 0 radical (unpaired) electrons. The van der Waals surface area contributed by atoms with Gasteiger partial charge >= 0.3 is 29.6 Å². The summed E-state index contributed by atoms with van der Waals surface area (Å²) in [5.74, 6) is 5.84. The first-order valence-electron chi connectivity index (χ1n) is 16.3. The molecular weight excluding hydrogens is 589 g/mol. The van der Waals surface area contributed by atoms with Gasteiger partial charge in [-0.1, -0.05) is 18.8 Å². The fourth-order valence-corrected chi connectivity index (χ4v) is 7.57. The van der Waals surface area contributed by atoms with Gasteiger partial charge in [0.25, 0.3) is 0 Å². The first-order chi connectivity index (χ1) is 20.7. The molecule has 1 aromatic heterocycles. The molecule has 238 valence electrons. The minimum Gasteiger partial charge on any atom is -0.544 e. The quantitative estimate of drug-likeness (QED) is 0.302. The Morgan fingerprint density at radius 3 is 2.25 bits per heavy atom. The van der Waals surface area contributed by atoms with Crippen molar-refractivity contribution >= 4 is 28.9 Å². The Morgan fingerprint density at radius 2 is 1.61 bits per heavy atom. The van der Waals surface area contributed by atoms with Gasteiger partial charge in [-0.15, -0.1) is 11.3 Å². The number of carboxylic acid groups (broad SMARTS) is 1. The van der Waals surface area contributed by atoms with Crippen LogP contribution >= 0.6 is 11.3 Å². The predicted octanol–water partition coefficient (Wildman–Crippen LogP) is 1.96. The summed E-state index contributed by atoms with van der Waals surface area (Å²) in [6.07, 6.45) is 10.1. The van der Waals surface area contributed by atoms with E-state index in [4.69, 9.17) is 18.9 Å². The summed E-state index contributed by atoms with van der Waals surface area (Å²) in [6, 6.07) is 1.73. The second-order valence-corrected chi connectivity index (χ2v) is 14.6. The predicted molar refractivity (Wildman–Crippen MR) is 164 cm³/mol. The van der Waals surface area contributed by atoms with E-state index in [0.717, 1.165) is 102 Å². The van der Waals surface area contributed by atoms with Gasteiger partial charge in [0.1, 0.15) is 0 Å². The van der Waals surface area contributed by atoms with Crippen LogP contribution in [0.3, 0.4) is 0 Å². The summed E-state index contributed by atoms with van der Waals surface area (Å²) < 4.78 is 23.3. The maximum Gasteiger partial charge on any atom is 1.00 e. The monoisotopic (exact) mass is 637 g/mol. The molecule has 4 fully saturated rings. The number of rotatable bonds is 9. The molecule has 4 aliphatic rings. The summed E-state index contributed by atoms with van der Waals surface area (Å²) in [7, 11) is 0. The van der Waals surface area contributed by atoms with Crippen LogP contribution in [0, 0.1) is 29.1 Å². The third kappa shape index (κ3) is 9.78. The Balaban J connectivity index is 0.00000442. The van der Waals surface area contributed by atoms with Crippen LogP contribution in [0.5, 0.6) is 0 Å². The second kappa shape index (κ2) is 16.7. The summed E-state index contributed by atoms with van der Waals surface area (Å²) >= 11 is 1.11. The largest absolute Gasteiger partial charge is 1.00 e. The molecule has 2 saturated heterocycles. The molecule has 1 atom stereocenters. The zero-order valence-corrected chi connectivity index (χ0v) is 29.9. The van der Waals surface area contributed by atoms with E-state index >= 15 is 0 Å². The Bertz CT molecular complexity index is 1150. The molecule has 1 amide bonds. The fourth-order valence-electron chi connectivity index (χ4n) is 6.73. The zero-order valence-electron chi connectivity index (χ0n) is 27.1. The molecule has 10 heteroatoms. The van der Waals surface area contributed by atoms with Gasteiger partial charge in [-0.3, -0.25) is 4.79 Å². The molecule has 1 aromatic rings. The number of hydrogen-bond donors (Lipinski definition) is 0. The Labute approximate surface area is 289 Å². The molecule has 0 spiro atoms. The summed E-state index contributed by atoms with van der Waals surface area (Å²) in [6.45, 7) is 9.63. The number of amides is 1. The van der Waals surface area contributed by atoms with Gasteiger partial charge in [0.15, 0.2) is 0 Å². The van der Waals surface area contributed by atoms with Gasteiger partial charge in [0, 0.05) is 37.2 Å². The van der Waals surface area contributed by atoms with E-state index < -0.39 is 11.4 Å². The number of ether oxygens (including phenoxy) is 4. The third-order valence-electron chi connectivity index (χ3n) is 9.41. The van der Waals surface area contributed by atoms with Gasteiger partial charge in [0.05, 0.1) is 52.9 Å². The summed E-state index contributed by atoms with van der Waals surface area (Å²) in [5, 5.41) is 12.4. The smallest absolute Gasteiger partial charge is 0.544 e. The van der Waals surface area contributed by atoms with Crippen molar-refractivity contribution in [1.82, 2.24) is 0 Å². The van der Waals surface area contributed by atoms with Gasteiger partial charge < -0.3 is 33.7 Å². The van der Waals surface area contributed by atoms with E-state index in [2.05, 4.69) is 18.8 Å². The molecule has 3 heterocycles. The van der Waals surface area contributed by atoms with E-state index in [1.54, 1.807) is 6.07 Å². The number of hydrogen-bond acceptors (Lipinski definition) is 8.